The van der Waals surface area contributed by atoms with E-state index in [0.29, 0.717) is 34.8 Å². The zero-order valence-electron chi connectivity index (χ0n) is 10.5. The van der Waals surface area contributed by atoms with Crippen molar-refractivity contribution in [3.8, 4) is 5.75 Å². The van der Waals surface area contributed by atoms with Gasteiger partial charge in [0, 0.05) is 11.3 Å². The molecule has 0 bridgehead atoms. The molecule has 106 valence electrons. The first kappa shape index (κ1) is 14.2. The van der Waals surface area contributed by atoms with E-state index in [1.165, 1.54) is 11.8 Å². The molecule has 2 aromatic rings. The largest absolute Gasteiger partial charge is 0.493 e. The van der Waals surface area contributed by atoms with Gasteiger partial charge in [0.05, 0.1) is 6.61 Å². The van der Waals surface area contributed by atoms with Gasteiger partial charge in [-0.1, -0.05) is 11.8 Å². The highest BCUT2D eigenvalue weighted by atomic mass is 32.2. The fourth-order valence-corrected chi connectivity index (χ4v) is 2.02. The third-order valence-electron chi connectivity index (χ3n) is 2.31. The van der Waals surface area contributed by atoms with Crippen LogP contribution in [-0.4, -0.2) is 33.4 Å². The van der Waals surface area contributed by atoms with Gasteiger partial charge in [-0.3, -0.25) is 10.2 Å². The van der Waals surface area contributed by atoms with E-state index in [9.17, 15) is 4.79 Å². The smallest absolute Gasteiger partial charge is 0.265 e. The topological polar surface area (TPSA) is 132 Å². The van der Waals surface area contributed by atoms with E-state index in [2.05, 4.69) is 20.6 Å². The van der Waals surface area contributed by atoms with E-state index in [-0.39, 0.29) is 5.91 Å². The van der Waals surface area contributed by atoms with E-state index < -0.39 is 0 Å². The Morgan fingerprint density at radius 1 is 1.40 bits per heavy atom. The minimum Gasteiger partial charge on any atom is -0.493 e. The van der Waals surface area contributed by atoms with Gasteiger partial charge in [-0.25, -0.2) is 10.9 Å². The standard InChI is InChI=1S/C11H14N6O2S/c12-10-14-11(17-16-10)20-6-5-19-8-3-1-7(2-4-8)9(18)15-13/h1-4H,5-6,13H2,(H,15,18)(H3,12,14,16,17). The summed E-state index contributed by atoms with van der Waals surface area (Å²) in [5.74, 6) is 6.35. The second-order valence-electron chi connectivity index (χ2n) is 3.70. The Morgan fingerprint density at radius 3 is 2.75 bits per heavy atom. The molecule has 0 saturated carbocycles. The number of aromatic nitrogens is 3. The summed E-state index contributed by atoms with van der Waals surface area (Å²) in [5.41, 5.74) is 7.95. The van der Waals surface area contributed by atoms with Crippen LogP contribution in [0.3, 0.4) is 0 Å². The van der Waals surface area contributed by atoms with Crippen LogP contribution < -0.4 is 21.7 Å². The van der Waals surface area contributed by atoms with Gasteiger partial charge < -0.3 is 10.5 Å². The third kappa shape index (κ3) is 3.87. The minimum absolute atomic E-state index is 0.294. The van der Waals surface area contributed by atoms with Crippen LogP contribution in [-0.2, 0) is 0 Å². The van der Waals surface area contributed by atoms with Crippen LogP contribution in [0.1, 0.15) is 10.4 Å². The molecule has 8 nitrogen and oxygen atoms in total. The second kappa shape index (κ2) is 6.78. The molecule has 6 N–H and O–H groups in total. The number of aromatic amines is 1. The molecule has 20 heavy (non-hydrogen) atoms. The Balaban J connectivity index is 1.75. The average molecular weight is 294 g/mol. The summed E-state index contributed by atoms with van der Waals surface area (Å²) < 4.78 is 5.52. The number of benzene rings is 1. The van der Waals surface area contributed by atoms with Gasteiger partial charge in [-0.05, 0) is 24.3 Å². The molecule has 0 fully saturated rings. The first-order valence-electron chi connectivity index (χ1n) is 5.73. The molecule has 1 aromatic carbocycles. The van der Waals surface area contributed by atoms with Crippen molar-refractivity contribution in [1.29, 1.82) is 0 Å². The zero-order valence-corrected chi connectivity index (χ0v) is 11.3. The Labute approximate surface area is 119 Å². The highest BCUT2D eigenvalue weighted by Gasteiger charge is 2.04. The number of thioether (sulfide) groups is 1. The first-order valence-corrected chi connectivity index (χ1v) is 6.72. The van der Waals surface area contributed by atoms with Crippen LogP contribution in [0.5, 0.6) is 5.75 Å². The number of amides is 1. The molecule has 0 spiro atoms. The van der Waals surface area contributed by atoms with Crippen LogP contribution in [0.25, 0.3) is 0 Å². The van der Waals surface area contributed by atoms with Gasteiger partial charge in [0.1, 0.15) is 5.75 Å². The van der Waals surface area contributed by atoms with Crippen LogP contribution in [0.4, 0.5) is 5.95 Å². The lowest BCUT2D eigenvalue weighted by Gasteiger charge is -2.05. The molecular formula is C11H14N6O2S. The summed E-state index contributed by atoms with van der Waals surface area (Å²) in [6, 6.07) is 6.70. The molecule has 1 aromatic heterocycles. The Hall–Kier alpha value is -2.26. The van der Waals surface area contributed by atoms with E-state index in [4.69, 9.17) is 16.3 Å². The molecule has 0 unspecified atom stereocenters. The zero-order chi connectivity index (χ0) is 14.4. The Kier molecular flexibility index (Phi) is 4.80. The average Bonchev–Trinajstić information content (AvgIpc) is 2.89. The number of hydrogen-bond donors (Lipinski definition) is 4. The molecule has 0 saturated heterocycles. The number of nitrogens with two attached hydrogens (primary N) is 2. The van der Waals surface area contributed by atoms with Crippen molar-refractivity contribution in [3.05, 3.63) is 29.8 Å². The Morgan fingerprint density at radius 2 is 2.15 bits per heavy atom. The number of carbonyl (C=O) groups excluding carboxylic acids is 1. The molecule has 0 radical (unpaired) electrons. The quantitative estimate of drug-likeness (QED) is 0.196. The van der Waals surface area contributed by atoms with E-state index in [0.717, 1.165) is 0 Å². The number of hydrazine groups is 1. The number of hydrogen-bond acceptors (Lipinski definition) is 7. The van der Waals surface area contributed by atoms with Crippen LogP contribution in [0, 0.1) is 0 Å². The fourth-order valence-electron chi connectivity index (χ4n) is 1.40. The molecule has 0 aliphatic heterocycles. The van der Waals surface area contributed by atoms with Crippen LogP contribution in [0.15, 0.2) is 29.4 Å². The van der Waals surface area contributed by atoms with Gasteiger partial charge in [0.15, 0.2) is 0 Å². The van der Waals surface area contributed by atoms with E-state index >= 15 is 0 Å². The molecule has 1 heterocycles. The number of nitrogens with zero attached hydrogens (tertiary/aromatic N) is 2. The lowest BCUT2D eigenvalue weighted by molar-refractivity contribution is 0.0953. The highest BCUT2D eigenvalue weighted by Crippen LogP contribution is 2.15. The normalized spacial score (nSPS) is 10.2. The van der Waals surface area contributed by atoms with Crippen LogP contribution in [0.2, 0.25) is 0 Å². The maximum atomic E-state index is 11.2. The molecule has 0 aliphatic carbocycles. The van der Waals surface area contributed by atoms with Gasteiger partial charge in [0.2, 0.25) is 11.1 Å². The molecule has 0 atom stereocenters. The molecule has 0 aliphatic rings. The summed E-state index contributed by atoms with van der Waals surface area (Å²) in [7, 11) is 0. The summed E-state index contributed by atoms with van der Waals surface area (Å²) in [5, 5.41) is 7.03. The summed E-state index contributed by atoms with van der Waals surface area (Å²) in [6.07, 6.45) is 0. The number of ether oxygens (including phenoxy) is 1. The predicted molar refractivity (Wildman–Crippen MR) is 75.1 cm³/mol. The van der Waals surface area contributed by atoms with Crippen LogP contribution >= 0.6 is 11.8 Å². The molecule has 1 amide bonds. The van der Waals surface area contributed by atoms with Gasteiger partial charge in [0.25, 0.3) is 5.91 Å². The number of carbonyl (C=O) groups is 1. The maximum Gasteiger partial charge on any atom is 0.265 e. The number of nitrogens with one attached hydrogen (secondary N) is 2. The molecule has 9 heteroatoms. The van der Waals surface area contributed by atoms with Crippen molar-refractivity contribution in [1.82, 2.24) is 20.6 Å². The first-order chi connectivity index (χ1) is 9.69. The van der Waals surface area contributed by atoms with Gasteiger partial charge in [-0.2, -0.15) is 4.98 Å². The fraction of sp³-hybridized carbons (Fsp3) is 0.182. The summed E-state index contributed by atoms with van der Waals surface area (Å²) >= 11 is 1.43. The second-order valence-corrected chi connectivity index (χ2v) is 4.76. The monoisotopic (exact) mass is 294 g/mol. The van der Waals surface area contributed by atoms with Crippen molar-refractivity contribution in [2.45, 2.75) is 5.16 Å². The van der Waals surface area contributed by atoms with Crippen molar-refractivity contribution >= 4 is 23.6 Å². The van der Waals surface area contributed by atoms with Crippen molar-refractivity contribution in [2.24, 2.45) is 5.84 Å². The number of rotatable bonds is 6. The lowest BCUT2D eigenvalue weighted by Crippen LogP contribution is -2.29. The molecular weight excluding hydrogens is 280 g/mol. The van der Waals surface area contributed by atoms with Crippen molar-refractivity contribution < 1.29 is 9.53 Å². The van der Waals surface area contributed by atoms with E-state index in [1.807, 2.05) is 0 Å². The summed E-state index contributed by atoms with van der Waals surface area (Å²) in [6.45, 7) is 0.488. The number of H-pyrrole nitrogens is 1. The van der Waals surface area contributed by atoms with Gasteiger partial charge >= 0.3 is 0 Å². The summed E-state index contributed by atoms with van der Waals surface area (Å²) in [4.78, 5) is 15.2. The van der Waals surface area contributed by atoms with Gasteiger partial charge in [-0.15, -0.1) is 5.10 Å². The SMILES string of the molecule is NNC(=O)c1ccc(OCCSc2n[nH]c(N)n2)cc1. The van der Waals surface area contributed by atoms with Crippen molar-refractivity contribution in [3.63, 3.8) is 0 Å². The van der Waals surface area contributed by atoms with E-state index in [1.54, 1.807) is 24.3 Å². The number of nitrogen functional groups attached to an aromatic ring is 2. The number of anilines is 1. The lowest BCUT2D eigenvalue weighted by atomic mass is 10.2. The predicted octanol–water partition coefficient (Wildman–Crippen LogP) is 0.161. The van der Waals surface area contributed by atoms with Crippen molar-refractivity contribution in [2.75, 3.05) is 18.1 Å². The molecule has 2 rings (SSSR count). The third-order valence-corrected chi connectivity index (χ3v) is 3.12. The highest BCUT2D eigenvalue weighted by molar-refractivity contribution is 7.99. The minimum atomic E-state index is -0.339. The maximum absolute atomic E-state index is 11.2. The Bertz CT molecular complexity index is 571.